The zero-order valence-electron chi connectivity index (χ0n) is 24.5. The number of thiophene rings is 2. The molecule has 2 heterocycles. The standard InChI is InChI=1S/C35H40S2Si/c1-10-12-14-25-18-33-31-20-29-27(15-16-38(21(3)4,22(5)6)23(7)8)34-32(17-24(9)36-34)30(29)19-28(31)26(13-11-2)35(33)37-25/h17-23H,10,12,14H2,1-9H3. The van der Waals surface area contributed by atoms with E-state index in [-0.39, 0.29) is 0 Å². The van der Waals surface area contributed by atoms with Gasteiger partial charge in [0.25, 0.3) is 0 Å². The first-order chi connectivity index (χ1) is 18.1. The molecule has 5 rings (SSSR count). The molecule has 0 N–H and O–H groups in total. The zero-order valence-corrected chi connectivity index (χ0v) is 27.1. The molecule has 0 atom stereocenters. The van der Waals surface area contributed by atoms with Gasteiger partial charge in [0.15, 0.2) is 0 Å². The van der Waals surface area contributed by atoms with Gasteiger partial charge in [0, 0.05) is 36.9 Å². The van der Waals surface area contributed by atoms with Crippen LogP contribution >= 0.6 is 22.7 Å². The Bertz CT molecular complexity index is 1640. The highest BCUT2D eigenvalue weighted by Crippen LogP contribution is 2.44. The van der Waals surface area contributed by atoms with E-state index in [4.69, 9.17) is 0 Å². The Morgan fingerprint density at radius 3 is 1.84 bits per heavy atom. The van der Waals surface area contributed by atoms with E-state index < -0.39 is 8.07 Å². The molecule has 0 fully saturated rings. The van der Waals surface area contributed by atoms with E-state index in [2.05, 4.69) is 103 Å². The maximum atomic E-state index is 4.04. The van der Waals surface area contributed by atoms with Crippen LogP contribution < -0.4 is 10.4 Å². The minimum Gasteiger partial charge on any atom is -0.139 e. The van der Waals surface area contributed by atoms with Gasteiger partial charge in [-0.2, -0.15) is 0 Å². The third-order valence-electron chi connectivity index (χ3n) is 8.67. The third kappa shape index (κ3) is 4.19. The molecule has 2 aliphatic rings. The summed E-state index contributed by atoms with van der Waals surface area (Å²) < 4.78 is 0. The first kappa shape index (κ1) is 27.3. The van der Waals surface area contributed by atoms with Crippen LogP contribution in [0.4, 0.5) is 0 Å². The first-order valence-corrected chi connectivity index (χ1v) is 18.1. The van der Waals surface area contributed by atoms with Gasteiger partial charge >= 0.3 is 0 Å². The molecule has 38 heavy (non-hydrogen) atoms. The van der Waals surface area contributed by atoms with Crippen molar-refractivity contribution in [3.63, 3.8) is 0 Å². The summed E-state index contributed by atoms with van der Waals surface area (Å²) in [6.07, 6.45) is 3.63. The Hall–Kier alpha value is -2.30. The lowest BCUT2D eigenvalue weighted by Gasteiger charge is -2.38. The fraction of sp³-hybridized carbons (Fsp3) is 0.429. The van der Waals surface area contributed by atoms with Crippen molar-refractivity contribution in [1.29, 1.82) is 0 Å². The molecular formula is C35H40S2Si. The van der Waals surface area contributed by atoms with E-state index in [9.17, 15) is 0 Å². The zero-order chi connectivity index (χ0) is 27.4. The monoisotopic (exact) mass is 552 g/mol. The fourth-order valence-electron chi connectivity index (χ4n) is 6.88. The van der Waals surface area contributed by atoms with E-state index >= 15 is 0 Å². The molecule has 0 amide bonds. The molecule has 196 valence electrons. The summed E-state index contributed by atoms with van der Waals surface area (Å²) in [7, 11) is -1.84. The van der Waals surface area contributed by atoms with E-state index in [1.807, 2.05) is 29.6 Å². The molecule has 0 aliphatic heterocycles. The molecule has 0 saturated heterocycles. The van der Waals surface area contributed by atoms with Gasteiger partial charge in [-0.05, 0) is 78.7 Å². The first-order valence-electron chi connectivity index (χ1n) is 14.3. The number of unbranched alkanes of at least 4 members (excludes halogenated alkanes) is 1. The summed E-state index contributed by atoms with van der Waals surface area (Å²) in [5.74, 6) is 10.6. The Labute approximate surface area is 238 Å². The normalized spacial score (nSPS) is 13.4. The topological polar surface area (TPSA) is 0 Å². The predicted molar refractivity (Wildman–Crippen MR) is 173 cm³/mol. The molecule has 3 aromatic rings. The Kier molecular flexibility index (Phi) is 7.43. The number of fused-ring (bicyclic) bond motifs is 6. The van der Waals surface area contributed by atoms with Crippen molar-refractivity contribution in [2.45, 2.75) is 98.2 Å². The van der Waals surface area contributed by atoms with Crippen molar-refractivity contribution < 1.29 is 0 Å². The van der Waals surface area contributed by atoms with Crippen LogP contribution in [0.1, 0.15) is 87.7 Å². The number of benzene rings is 1. The van der Waals surface area contributed by atoms with E-state index in [1.54, 1.807) is 0 Å². The highest BCUT2D eigenvalue weighted by atomic mass is 32.1. The quantitative estimate of drug-likeness (QED) is 0.211. The maximum absolute atomic E-state index is 4.04. The number of hydrogen-bond donors (Lipinski definition) is 0. The molecule has 3 heteroatoms. The smallest absolute Gasteiger partial charge is 0.139 e. The number of hydrogen-bond acceptors (Lipinski definition) is 2. The van der Waals surface area contributed by atoms with Gasteiger partial charge in [0.1, 0.15) is 8.07 Å². The molecule has 2 aromatic heterocycles. The van der Waals surface area contributed by atoms with Gasteiger partial charge in [0.2, 0.25) is 0 Å². The Morgan fingerprint density at radius 1 is 0.737 bits per heavy atom. The second-order valence-electron chi connectivity index (χ2n) is 11.9. The fourth-order valence-corrected chi connectivity index (χ4v) is 14.4. The molecule has 0 unspecified atom stereocenters. The second kappa shape index (κ2) is 10.4. The number of rotatable bonds is 6. The average molecular weight is 553 g/mol. The van der Waals surface area contributed by atoms with E-state index in [0.717, 1.165) is 6.42 Å². The van der Waals surface area contributed by atoms with Crippen LogP contribution in [0.25, 0.3) is 33.4 Å². The predicted octanol–water partition coefficient (Wildman–Crippen LogP) is 9.06. The van der Waals surface area contributed by atoms with Gasteiger partial charge in [0.05, 0.1) is 15.3 Å². The number of aryl methyl sites for hydroxylation is 2. The minimum atomic E-state index is -1.84. The largest absolute Gasteiger partial charge is 0.146 e. The summed E-state index contributed by atoms with van der Waals surface area (Å²) in [6, 6.07) is 9.70. The molecule has 0 bridgehead atoms. The highest BCUT2D eigenvalue weighted by molar-refractivity contribution is 7.14. The van der Waals surface area contributed by atoms with Crippen LogP contribution in [0.2, 0.25) is 16.6 Å². The SMILES string of the molecule is CC#CC1=c2cc3c(cc2-c2cc(CCCC)sc21)=C(C#C[Si](C(C)C)(C(C)C)C(C)C)c1sc(C)cc1-3. The van der Waals surface area contributed by atoms with Crippen molar-refractivity contribution in [3.05, 3.63) is 54.2 Å². The van der Waals surface area contributed by atoms with Crippen LogP contribution in [-0.2, 0) is 6.42 Å². The maximum Gasteiger partial charge on any atom is 0.146 e. The summed E-state index contributed by atoms with van der Waals surface area (Å²) >= 11 is 3.86. The summed E-state index contributed by atoms with van der Waals surface area (Å²) in [5, 5.41) is 2.63. The van der Waals surface area contributed by atoms with E-state index in [1.165, 1.54) is 76.2 Å². The molecule has 2 aliphatic carbocycles. The van der Waals surface area contributed by atoms with Crippen LogP contribution in [0, 0.1) is 30.2 Å². The van der Waals surface area contributed by atoms with Gasteiger partial charge in [-0.1, -0.05) is 66.7 Å². The van der Waals surface area contributed by atoms with Crippen molar-refractivity contribution in [3.8, 4) is 45.6 Å². The Balaban J connectivity index is 1.80. The lowest BCUT2D eigenvalue weighted by atomic mass is 10.0. The Morgan fingerprint density at radius 2 is 1.29 bits per heavy atom. The highest BCUT2D eigenvalue weighted by Gasteiger charge is 2.42. The van der Waals surface area contributed by atoms with Gasteiger partial charge in [-0.25, -0.2) is 0 Å². The van der Waals surface area contributed by atoms with E-state index in [0.29, 0.717) is 16.6 Å². The molecule has 0 nitrogen and oxygen atoms in total. The minimum absolute atomic E-state index is 0.626. The summed E-state index contributed by atoms with van der Waals surface area (Å²) in [6.45, 7) is 20.9. The van der Waals surface area contributed by atoms with Crippen LogP contribution in [0.15, 0.2) is 24.3 Å². The lowest BCUT2D eigenvalue weighted by molar-refractivity contribution is 0.804. The molecular weight excluding hydrogens is 513 g/mol. The lowest BCUT2D eigenvalue weighted by Crippen LogP contribution is -2.43. The van der Waals surface area contributed by atoms with Crippen LogP contribution in [0.5, 0.6) is 0 Å². The van der Waals surface area contributed by atoms with Crippen molar-refractivity contribution >= 4 is 41.9 Å². The van der Waals surface area contributed by atoms with Crippen molar-refractivity contribution in [2.24, 2.45) is 0 Å². The average Bonchev–Trinajstić information content (AvgIpc) is 3.57. The molecule has 0 saturated carbocycles. The van der Waals surface area contributed by atoms with Gasteiger partial charge in [-0.15, -0.1) is 34.1 Å². The second-order valence-corrected chi connectivity index (χ2v) is 19.8. The van der Waals surface area contributed by atoms with Crippen molar-refractivity contribution in [2.75, 3.05) is 0 Å². The third-order valence-corrected chi connectivity index (χ3v) is 17.2. The molecule has 0 radical (unpaired) electrons. The van der Waals surface area contributed by atoms with Gasteiger partial charge < -0.3 is 0 Å². The van der Waals surface area contributed by atoms with Gasteiger partial charge in [-0.3, -0.25) is 0 Å². The van der Waals surface area contributed by atoms with Crippen molar-refractivity contribution in [1.82, 2.24) is 0 Å². The van der Waals surface area contributed by atoms with Crippen LogP contribution in [-0.4, -0.2) is 8.07 Å². The summed E-state index contributed by atoms with van der Waals surface area (Å²) in [4.78, 5) is 5.57. The molecule has 1 aromatic carbocycles. The molecule has 0 spiro atoms. The van der Waals surface area contributed by atoms with Crippen LogP contribution in [0.3, 0.4) is 0 Å². The summed E-state index contributed by atoms with van der Waals surface area (Å²) in [5.41, 5.74) is 13.8.